The van der Waals surface area contributed by atoms with E-state index in [1.165, 1.54) is 12.1 Å². The zero-order valence-electron chi connectivity index (χ0n) is 18.3. The molecule has 34 heavy (non-hydrogen) atoms. The molecule has 1 unspecified atom stereocenters. The van der Waals surface area contributed by atoms with Gasteiger partial charge in [-0.25, -0.2) is 26.9 Å². The van der Waals surface area contributed by atoms with Crippen LogP contribution in [0.3, 0.4) is 0 Å². The molecule has 0 saturated carbocycles. The van der Waals surface area contributed by atoms with Gasteiger partial charge in [-0.15, -0.1) is 0 Å². The molecule has 0 bridgehead atoms. The maximum atomic E-state index is 14.7. The first kappa shape index (κ1) is 22.4. The number of benzene rings is 2. The molecule has 10 heteroatoms. The first-order valence-electron chi connectivity index (χ1n) is 11.0. The molecule has 1 fully saturated rings. The van der Waals surface area contributed by atoms with E-state index in [1.54, 1.807) is 23.7 Å². The van der Waals surface area contributed by atoms with Crippen LogP contribution < -0.4 is 10.2 Å². The van der Waals surface area contributed by atoms with Crippen LogP contribution in [0.15, 0.2) is 48.8 Å². The third kappa shape index (κ3) is 4.01. The average molecular weight is 475 g/mol. The van der Waals surface area contributed by atoms with Crippen LogP contribution in [-0.2, 0) is 0 Å². The van der Waals surface area contributed by atoms with Crippen molar-refractivity contribution in [2.24, 2.45) is 0 Å². The molecule has 1 saturated heterocycles. The summed E-state index contributed by atoms with van der Waals surface area (Å²) in [5.41, 5.74) is 0.971. The minimum Gasteiger partial charge on any atom is -0.371 e. The molecular weight excluding hydrogens is 453 g/mol. The molecule has 0 spiro atoms. The highest BCUT2D eigenvalue weighted by Crippen LogP contribution is 2.35. The van der Waals surface area contributed by atoms with Gasteiger partial charge in [0, 0.05) is 55.0 Å². The number of piperidine rings is 1. The number of rotatable bonds is 5. The Bertz CT molecular complexity index is 1340. The van der Waals surface area contributed by atoms with Crippen molar-refractivity contribution in [3.05, 3.63) is 65.7 Å². The molecule has 5 nitrogen and oxygen atoms in total. The fourth-order valence-electron chi connectivity index (χ4n) is 4.40. The quantitative estimate of drug-likeness (QED) is 0.341. The lowest BCUT2D eigenvalue weighted by Crippen LogP contribution is -2.39. The molecule has 5 rings (SSSR count). The van der Waals surface area contributed by atoms with Crippen LogP contribution in [0.25, 0.3) is 16.7 Å². The Morgan fingerprint density at radius 3 is 2.53 bits per heavy atom. The van der Waals surface area contributed by atoms with E-state index in [9.17, 15) is 22.0 Å². The molecular formula is C24H22F5N5. The van der Waals surface area contributed by atoms with Crippen LogP contribution in [0, 0.1) is 5.82 Å². The van der Waals surface area contributed by atoms with Gasteiger partial charge in [0.1, 0.15) is 11.6 Å². The second-order valence-corrected chi connectivity index (χ2v) is 8.52. The molecule has 2 aromatic carbocycles. The van der Waals surface area contributed by atoms with Crippen molar-refractivity contribution >= 4 is 28.2 Å². The van der Waals surface area contributed by atoms with Crippen LogP contribution in [-0.4, -0.2) is 33.4 Å². The normalized spacial score (nSPS) is 17.0. The molecule has 1 atom stereocenters. The van der Waals surface area contributed by atoms with Gasteiger partial charge in [-0.1, -0.05) is 18.2 Å². The second kappa shape index (κ2) is 8.41. The molecule has 1 aliphatic rings. The minimum absolute atomic E-state index is 0.0883. The molecule has 1 aliphatic heterocycles. The van der Waals surface area contributed by atoms with E-state index in [4.69, 9.17) is 0 Å². The van der Waals surface area contributed by atoms with Crippen molar-refractivity contribution in [3.63, 3.8) is 0 Å². The van der Waals surface area contributed by atoms with E-state index in [2.05, 4.69) is 15.3 Å². The molecule has 1 N–H and O–H groups in total. The predicted octanol–water partition coefficient (Wildman–Crippen LogP) is 6.37. The summed E-state index contributed by atoms with van der Waals surface area (Å²) in [6, 6.07) is 8.82. The predicted molar refractivity (Wildman–Crippen MR) is 120 cm³/mol. The van der Waals surface area contributed by atoms with Crippen LogP contribution >= 0.6 is 0 Å². The second-order valence-electron chi connectivity index (χ2n) is 8.52. The maximum Gasteiger partial charge on any atom is 0.266 e. The van der Waals surface area contributed by atoms with E-state index in [-0.39, 0.29) is 31.5 Å². The number of aromatic nitrogens is 3. The Morgan fingerprint density at radius 2 is 1.79 bits per heavy atom. The van der Waals surface area contributed by atoms with Crippen molar-refractivity contribution in [1.29, 1.82) is 0 Å². The molecule has 0 aliphatic carbocycles. The van der Waals surface area contributed by atoms with Gasteiger partial charge in [0.2, 0.25) is 5.78 Å². The van der Waals surface area contributed by atoms with E-state index in [1.807, 2.05) is 23.1 Å². The number of alkyl halides is 4. The first-order chi connectivity index (χ1) is 16.2. The van der Waals surface area contributed by atoms with Crippen molar-refractivity contribution in [1.82, 2.24) is 14.4 Å². The number of anilines is 2. The standard InChI is InChI=1S/C24H22F5N5/c1-14(16-3-2-4-17(20(16)25)21(26)27)31-22-18-13-15(33-10-7-24(28,29)8-11-33)5-6-19(18)34-12-9-30-23(34)32-22/h2-6,9,12-14,21H,7-8,10-11H2,1H3,(H,30,31,32). The molecule has 2 aromatic heterocycles. The van der Waals surface area contributed by atoms with Crippen molar-refractivity contribution in [2.45, 2.75) is 38.2 Å². The topological polar surface area (TPSA) is 45.5 Å². The molecule has 0 radical (unpaired) electrons. The number of halogens is 5. The maximum absolute atomic E-state index is 14.7. The van der Waals surface area contributed by atoms with Crippen molar-refractivity contribution in [3.8, 4) is 0 Å². The number of nitrogens with one attached hydrogen (secondary N) is 1. The third-order valence-electron chi connectivity index (χ3n) is 6.30. The highest BCUT2D eigenvalue weighted by atomic mass is 19.3. The Hall–Kier alpha value is -3.43. The summed E-state index contributed by atoms with van der Waals surface area (Å²) in [6.07, 6.45) is -0.00393. The van der Waals surface area contributed by atoms with Gasteiger partial charge in [0.05, 0.1) is 17.1 Å². The van der Waals surface area contributed by atoms with E-state index in [0.29, 0.717) is 17.0 Å². The van der Waals surface area contributed by atoms with Crippen molar-refractivity contribution < 1.29 is 22.0 Å². The lowest BCUT2D eigenvalue weighted by molar-refractivity contribution is -0.0220. The molecule has 4 aromatic rings. The van der Waals surface area contributed by atoms with E-state index >= 15 is 0 Å². The van der Waals surface area contributed by atoms with Gasteiger partial charge >= 0.3 is 0 Å². The van der Waals surface area contributed by atoms with Gasteiger partial charge in [0.15, 0.2) is 0 Å². The lowest BCUT2D eigenvalue weighted by atomic mass is 10.0. The summed E-state index contributed by atoms with van der Waals surface area (Å²) in [4.78, 5) is 10.7. The Labute approximate surface area is 192 Å². The van der Waals surface area contributed by atoms with Crippen LogP contribution in [0.2, 0.25) is 0 Å². The number of hydrogen-bond donors (Lipinski definition) is 1. The monoisotopic (exact) mass is 475 g/mol. The van der Waals surface area contributed by atoms with Gasteiger partial charge in [0.25, 0.3) is 12.3 Å². The molecule has 178 valence electrons. The number of fused-ring (bicyclic) bond motifs is 3. The summed E-state index contributed by atoms with van der Waals surface area (Å²) >= 11 is 0. The van der Waals surface area contributed by atoms with Gasteiger partial charge in [-0.05, 0) is 25.1 Å². The number of imidazole rings is 1. The molecule has 3 heterocycles. The van der Waals surface area contributed by atoms with Crippen LogP contribution in [0.1, 0.15) is 43.4 Å². The smallest absolute Gasteiger partial charge is 0.266 e. The van der Waals surface area contributed by atoms with Gasteiger partial charge in [-0.2, -0.15) is 4.98 Å². The van der Waals surface area contributed by atoms with E-state index in [0.717, 1.165) is 17.3 Å². The summed E-state index contributed by atoms with van der Waals surface area (Å²) in [6.45, 7) is 2.11. The zero-order chi connectivity index (χ0) is 24.0. The summed E-state index contributed by atoms with van der Waals surface area (Å²) in [5, 5.41) is 3.82. The first-order valence-corrected chi connectivity index (χ1v) is 11.0. The highest BCUT2D eigenvalue weighted by Gasteiger charge is 2.34. The third-order valence-corrected chi connectivity index (χ3v) is 6.30. The SMILES string of the molecule is CC(Nc1nc2nccn2c2ccc(N3CCC(F)(F)CC3)cc12)c1cccc(C(F)F)c1F. The summed E-state index contributed by atoms with van der Waals surface area (Å²) in [7, 11) is 0. The summed E-state index contributed by atoms with van der Waals surface area (Å²) in [5.74, 6) is -2.81. The lowest BCUT2D eigenvalue weighted by Gasteiger charge is -2.33. The average Bonchev–Trinajstić information content (AvgIpc) is 3.27. The Balaban J connectivity index is 1.55. The Morgan fingerprint density at radius 1 is 1.06 bits per heavy atom. The summed E-state index contributed by atoms with van der Waals surface area (Å²) < 4.78 is 70.1. The van der Waals surface area contributed by atoms with Crippen LogP contribution in [0.5, 0.6) is 0 Å². The van der Waals surface area contributed by atoms with Gasteiger partial charge < -0.3 is 10.2 Å². The Kier molecular flexibility index (Phi) is 5.53. The highest BCUT2D eigenvalue weighted by molar-refractivity contribution is 5.93. The van der Waals surface area contributed by atoms with Crippen LogP contribution in [0.4, 0.5) is 33.5 Å². The fraction of sp³-hybridized carbons (Fsp3) is 0.333. The number of nitrogens with zero attached hydrogens (tertiary/aromatic N) is 4. The largest absolute Gasteiger partial charge is 0.371 e. The molecule has 0 amide bonds. The number of hydrogen-bond acceptors (Lipinski definition) is 4. The van der Waals surface area contributed by atoms with E-state index < -0.39 is 29.8 Å². The van der Waals surface area contributed by atoms with Gasteiger partial charge in [-0.3, -0.25) is 4.40 Å². The zero-order valence-corrected chi connectivity index (χ0v) is 18.3. The minimum atomic E-state index is -2.92. The fourth-order valence-corrected chi connectivity index (χ4v) is 4.40. The van der Waals surface area contributed by atoms with Crippen molar-refractivity contribution in [2.75, 3.05) is 23.3 Å².